The van der Waals surface area contributed by atoms with E-state index in [0.717, 1.165) is 38.2 Å². The second-order valence-corrected chi connectivity index (χ2v) is 6.88. The molecular weight excluding hydrogens is 318 g/mol. The second kappa shape index (κ2) is 7.27. The molecule has 2 aliphatic rings. The van der Waals surface area contributed by atoms with Gasteiger partial charge in [-0.15, -0.1) is 11.3 Å². The number of hydrogen-bond donors (Lipinski definition) is 2. The summed E-state index contributed by atoms with van der Waals surface area (Å²) in [6.45, 7) is 2.37. The summed E-state index contributed by atoms with van der Waals surface area (Å²) in [4.78, 5) is 29.4. The van der Waals surface area contributed by atoms with Gasteiger partial charge >= 0.3 is 12.0 Å². The minimum atomic E-state index is -0.835. The third kappa shape index (κ3) is 4.00. The van der Waals surface area contributed by atoms with E-state index in [1.54, 1.807) is 4.90 Å². The van der Waals surface area contributed by atoms with Crippen LogP contribution in [-0.2, 0) is 9.53 Å². The van der Waals surface area contributed by atoms with Crippen LogP contribution in [0.3, 0.4) is 0 Å². The Morgan fingerprint density at radius 3 is 2.87 bits per heavy atom. The van der Waals surface area contributed by atoms with E-state index in [-0.39, 0.29) is 12.6 Å². The average molecular weight is 339 g/mol. The van der Waals surface area contributed by atoms with Gasteiger partial charge < -0.3 is 14.7 Å². The summed E-state index contributed by atoms with van der Waals surface area (Å²) < 4.78 is 5.35. The molecule has 0 spiro atoms. The van der Waals surface area contributed by atoms with Crippen molar-refractivity contribution in [1.82, 2.24) is 9.88 Å². The highest BCUT2D eigenvalue weighted by atomic mass is 32.1. The number of nitrogens with one attached hydrogen (secondary N) is 1. The minimum absolute atomic E-state index is 0.260. The summed E-state index contributed by atoms with van der Waals surface area (Å²) in [6.07, 6.45) is 3.27. The van der Waals surface area contributed by atoms with E-state index in [2.05, 4.69) is 10.3 Å². The molecule has 3 heterocycles. The first-order valence-corrected chi connectivity index (χ1v) is 8.83. The van der Waals surface area contributed by atoms with Crippen LogP contribution in [0.5, 0.6) is 0 Å². The number of hydrogen-bond acceptors (Lipinski definition) is 5. The average Bonchev–Trinajstić information content (AvgIpc) is 3.04. The zero-order chi connectivity index (χ0) is 16.2. The Morgan fingerprint density at radius 2 is 2.13 bits per heavy atom. The van der Waals surface area contributed by atoms with Crippen molar-refractivity contribution in [1.29, 1.82) is 0 Å². The molecule has 2 fully saturated rings. The predicted molar refractivity (Wildman–Crippen MR) is 85.9 cm³/mol. The molecule has 126 valence electrons. The van der Waals surface area contributed by atoms with Crippen molar-refractivity contribution in [3.05, 3.63) is 11.1 Å². The van der Waals surface area contributed by atoms with E-state index in [4.69, 9.17) is 9.84 Å². The molecule has 8 heteroatoms. The summed E-state index contributed by atoms with van der Waals surface area (Å²) >= 11 is 1.42. The van der Waals surface area contributed by atoms with Gasteiger partial charge in [-0.2, -0.15) is 0 Å². The number of carboxylic acid groups (broad SMARTS) is 1. The number of anilines is 1. The van der Waals surface area contributed by atoms with Gasteiger partial charge in [-0.3, -0.25) is 10.1 Å². The summed E-state index contributed by atoms with van der Waals surface area (Å²) in [5, 5.41) is 14.5. The topological polar surface area (TPSA) is 91.8 Å². The molecule has 2 aliphatic heterocycles. The maximum atomic E-state index is 12.3. The molecule has 1 atom stereocenters. The first kappa shape index (κ1) is 16.2. The number of carboxylic acids is 1. The lowest BCUT2D eigenvalue weighted by atomic mass is 9.98. The minimum Gasteiger partial charge on any atom is -0.481 e. The third-order valence-electron chi connectivity index (χ3n) is 4.43. The Labute approximate surface area is 138 Å². The van der Waals surface area contributed by atoms with Crippen molar-refractivity contribution in [3.63, 3.8) is 0 Å². The van der Waals surface area contributed by atoms with Crippen molar-refractivity contribution in [3.8, 4) is 0 Å². The number of carbonyl (C=O) groups excluding carboxylic acids is 1. The van der Waals surface area contributed by atoms with Crippen LogP contribution in [0.4, 0.5) is 9.93 Å². The molecule has 7 nitrogen and oxygen atoms in total. The fourth-order valence-electron chi connectivity index (χ4n) is 3.06. The number of carbonyl (C=O) groups is 2. The van der Waals surface area contributed by atoms with Gasteiger partial charge in [0.05, 0.1) is 11.6 Å². The molecule has 1 aromatic heterocycles. The molecule has 2 saturated heterocycles. The lowest BCUT2D eigenvalue weighted by Crippen LogP contribution is -2.44. The van der Waals surface area contributed by atoms with Crippen LogP contribution in [0.1, 0.15) is 37.3 Å². The molecule has 0 aromatic carbocycles. The summed E-state index contributed by atoms with van der Waals surface area (Å²) in [5.74, 6) is -0.904. The number of likely N-dealkylation sites (tertiary alicyclic amines) is 1. The number of rotatable bonds is 3. The van der Waals surface area contributed by atoms with E-state index in [1.165, 1.54) is 11.3 Å². The van der Waals surface area contributed by atoms with E-state index in [9.17, 15) is 9.59 Å². The van der Waals surface area contributed by atoms with Crippen molar-refractivity contribution < 1.29 is 19.4 Å². The number of ether oxygens (including phenoxy) is 1. The monoisotopic (exact) mass is 339 g/mol. The van der Waals surface area contributed by atoms with Gasteiger partial charge in [0.1, 0.15) is 0 Å². The summed E-state index contributed by atoms with van der Waals surface area (Å²) in [7, 11) is 0. The van der Waals surface area contributed by atoms with Gasteiger partial charge in [0.2, 0.25) is 0 Å². The van der Waals surface area contributed by atoms with Crippen LogP contribution in [0.25, 0.3) is 0 Å². The zero-order valence-corrected chi connectivity index (χ0v) is 13.7. The van der Waals surface area contributed by atoms with Crippen molar-refractivity contribution in [2.24, 2.45) is 5.92 Å². The molecule has 2 amide bonds. The van der Waals surface area contributed by atoms with Crippen LogP contribution < -0.4 is 5.32 Å². The zero-order valence-electron chi connectivity index (χ0n) is 12.9. The number of thiazole rings is 1. The highest BCUT2D eigenvalue weighted by molar-refractivity contribution is 7.13. The Hall–Kier alpha value is -1.67. The molecule has 2 N–H and O–H groups in total. The molecular formula is C15H21N3O4S. The quantitative estimate of drug-likeness (QED) is 0.882. The SMILES string of the molecule is O=C(O)C1CCCN(C(=O)Nc2nc(C3CCOCC3)cs2)C1. The number of urea groups is 1. The lowest BCUT2D eigenvalue weighted by Gasteiger charge is -2.30. The number of amides is 2. The molecule has 0 radical (unpaired) electrons. The number of nitrogens with zero attached hydrogens (tertiary/aromatic N) is 2. The van der Waals surface area contributed by atoms with Crippen LogP contribution >= 0.6 is 11.3 Å². The van der Waals surface area contributed by atoms with E-state index in [0.29, 0.717) is 24.0 Å². The molecule has 0 saturated carbocycles. The van der Waals surface area contributed by atoms with Gasteiger partial charge in [0, 0.05) is 37.6 Å². The van der Waals surface area contributed by atoms with E-state index in [1.807, 2.05) is 5.38 Å². The standard InChI is InChI=1S/C15H21N3O4S/c19-13(20)11-2-1-5-18(8-11)15(21)17-14-16-12(9-23-14)10-3-6-22-7-4-10/h9-11H,1-8H2,(H,19,20)(H,16,17,21). The molecule has 0 bridgehead atoms. The van der Waals surface area contributed by atoms with Crippen molar-refractivity contribution in [2.45, 2.75) is 31.6 Å². The van der Waals surface area contributed by atoms with Gasteiger partial charge in [-0.25, -0.2) is 9.78 Å². The van der Waals surface area contributed by atoms with Gasteiger partial charge in [0.15, 0.2) is 5.13 Å². The Morgan fingerprint density at radius 1 is 1.35 bits per heavy atom. The first-order chi connectivity index (χ1) is 11.1. The smallest absolute Gasteiger partial charge is 0.323 e. The number of aromatic nitrogens is 1. The van der Waals surface area contributed by atoms with Crippen LogP contribution in [-0.4, -0.2) is 53.3 Å². The van der Waals surface area contributed by atoms with E-state index < -0.39 is 11.9 Å². The molecule has 0 aliphatic carbocycles. The Bertz CT molecular complexity index is 571. The van der Waals surface area contributed by atoms with Crippen molar-refractivity contribution >= 4 is 28.5 Å². The molecule has 3 rings (SSSR count). The molecule has 23 heavy (non-hydrogen) atoms. The van der Waals surface area contributed by atoms with Gasteiger partial charge in [-0.1, -0.05) is 0 Å². The van der Waals surface area contributed by atoms with Crippen molar-refractivity contribution in [2.75, 3.05) is 31.6 Å². The lowest BCUT2D eigenvalue weighted by molar-refractivity contribution is -0.143. The highest BCUT2D eigenvalue weighted by Crippen LogP contribution is 2.29. The normalized spacial score (nSPS) is 22.8. The van der Waals surface area contributed by atoms with Gasteiger partial charge in [-0.05, 0) is 25.7 Å². The number of piperidine rings is 1. The molecule has 1 aromatic rings. The predicted octanol–water partition coefficient (Wildman–Crippen LogP) is 2.37. The Kier molecular flexibility index (Phi) is 5.12. The van der Waals surface area contributed by atoms with Crippen LogP contribution in [0.2, 0.25) is 0 Å². The number of aliphatic carboxylic acids is 1. The maximum Gasteiger partial charge on any atom is 0.323 e. The summed E-state index contributed by atoms with van der Waals surface area (Å²) in [5.41, 5.74) is 1.01. The van der Waals surface area contributed by atoms with Crippen LogP contribution in [0.15, 0.2) is 5.38 Å². The summed E-state index contributed by atoms with van der Waals surface area (Å²) in [6, 6.07) is -0.260. The first-order valence-electron chi connectivity index (χ1n) is 7.95. The molecule has 1 unspecified atom stereocenters. The Balaban J connectivity index is 1.57. The third-order valence-corrected chi connectivity index (χ3v) is 5.21. The van der Waals surface area contributed by atoms with E-state index >= 15 is 0 Å². The second-order valence-electron chi connectivity index (χ2n) is 6.02. The largest absolute Gasteiger partial charge is 0.481 e. The highest BCUT2D eigenvalue weighted by Gasteiger charge is 2.28. The van der Waals surface area contributed by atoms with Crippen LogP contribution in [0, 0.1) is 5.92 Å². The fraction of sp³-hybridized carbons (Fsp3) is 0.667. The fourth-order valence-corrected chi connectivity index (χ4v) is 3.84. The van der Waals surface area contributed by atoms with Gasteiger partial charge in [0.25, 0.3) is 0 Å². The maximum absolute atomic E-state index is 12.3.